The van der Waals surface area contributed by atoms with Crippen LogP contribution in [0.2, 0.25) is 0 Å². The van der Waals surface area contributed by atoms with Crippen LogP contribution < -0.4 is 4.72 Å². The smallest absolute Gasteiger partial charge is 0.263 e. The molecule has 0 amide bonds. The van der Waals surface area contributed by atoms with Crippen molar-refractivity contribution in [2.24, 2.45) is 0 Å². The van der Waals surface area contributed by atoms with Gasteiger partial charge in [0.1, 0.15) is 4.90 Å². The molecule has 110 valence electrons. The third-order valence-electron chi connectivity index (χ3n) is 2.73. The van der Waals surface area contributed by atoms with Crippen molar-refractivity contribution in [2.45, 2.75) is 11.8 Å². The molecule has 2 aromatic carbocycles. The minimum Gasteiger partial charge on any atom is -0.295 e. The maximum atomic E-state index is 12.3. The number of sulfonamides is 1. The van der Waals surface area contributed by atoms with Gasteiger partial charge in [-0.1, -0.05) is 15.9 Å². The lowest BCUT2D eigenvalue weighted by Crippen LogP contribution is -2.13. The summed E-state index contributed by atoms with van der Waals surface area (Å²) in [6.07, 6.45) is 0. The number of nitrogens with one attached hydrogen (secondary N) is 1. The van der Waals surface area contributed by atoms with Crippen molar-refractivity contribution < 1.29 is 13.2 Å². The van der Waals surface area contributed by atoms with Gasteiger partial charge in [-0.3, -0.25) is 9.52 Å². The predicted molar refractivity (Wildman–Crippen MR) is 89.1 cm³/mol. The van der Waals surface area contributed by atoms with Gasteiger partial charge < -0.3 is 0 Å². The SMILES string of the molecule is CC(=O)c1ccc(NS(=O)(=O)c2ccc(Br)cc2Br)cc1. The highest BCUT2D eigenvalue weighted by Gasteiger charge is 2.18. The first-order valence-electron chi connectivity index (χ1n) is 5.88. The first-order chi connectivity index (χ1) is 9.79. The molecular formula is C14H11Br2NO3S. The van der Waals surface area contributed by atoms with Gasteiger partial charge in [0, 0.05) is 20.2 Å². The van der Waals surface area contributed by atoms with Gasteiger partial charge in [-0.25, -0.2) is 8.42 Å². The van der Waals surface area contributed by atoms with E-state index in [4.69, 9.17) is 0 Å². The number of carbonyl (C=O) groups excluding carboxylic acids is 1. The molecule has 7 heteroatoms. The topological polar surface area (TPSA) is 63.2 Å². The summed E-state index contributed by atoms with van der Waals surface area (Å²) in [5.74, 6) is -0.0694. The minimum absolute atomic E-state index is 0.0694. The Balaban J connectivity index is 2.30. The van der Waals surface area contributed by atoms with E-state index in [0.717, 1.165) is 4.47 Å². The first kappa shape index (κ1) is 16.2. The summed E-state index contributed by atoms with van der Waals surface area (Å²) in [5, 5.41) is 0. The second kappa shape index (κ2) is 6.29. The van der Waals surface area contributed by atoms with Crippen molar-refractivity contribution in [1.29, 1.82) is 0 Å². The molecule has 0 atom stereocenters. The first-order valence-corrected chi connectivity index (χ1v) is 8.95. The van der Waals surface area contributed by atoms with Gasteiger partial charge in [0.2, 0.25) is 0 Å². The molecule has 2 aromatic rings. The van der Waals surface area contributed by atoms with E-state index in [0.29, 0.717) is 15.7 Å². The maximum Gasteiger partial charge on any atom is 0.263 e. The van der Waals surface area contributed by atoms with Crippen LogP contribution >= 0.6 is 31.9 Å². The number of Topliss-reactive ketones (excluding diaryl/α,β-unsaturated/α-hetero) is 1. The van der Waals surface area contributed by atoms with Crippen LogP contribution in [-0.4, -0.2) is 14.2 Å². The quantitative estimate of drug-likeness (QED) is 0.735. The molecule has 0 spiro atoms. The zero-order valence-corrected chi connectivity index (χ0v) is 14.9. The number of benzene rings is 2. The monoisotopic (exact) mass is 431 g/mol. The molecule has 0 aliphatic rings. The largest absolute Gasteiger partial charge is 0.295 e. The van der Waals surface area contributed by atoms with Gasteiger partial charge in [-0.2, -0.15) is 0 Å². The Bertz CT molecular complexity index is 786. The van der Waals surface area contributed by atoms with Crippen LogP contribution in [-0.2, 0) is 10.0 Å². The van der Waals surface area contributed by atoms with E-state index in [-0.39, 0.29) is 10.7 Å². The number of ketones is 1. The van der Waals surface area contributed by atoms with Gasteiger partial charge in [0.25, 0.3) is 10.0 Å². The summed E-state index contributed by atoms with van der Waals surface area (Å²) in [5.41, 5.74) is 0.928. The number of carbonyl (C=O) groups is 1. The molecule has 0 aliphatic heterocycles. The van der Waals surface area contributed by atoms with Crippen LogP contribution in [0, 0.1) is 0 Å². The molecule has 0 radical (unpaired) electrons. The van der Waals surface area contributed by atoms with Gasteiger partial charge in [0.05, 0.1) is 0 Å². The van der Waals surface area contributed by atoms with Gasteiger partial charge in [-0.15, -0.1) is 0 Å². The van der Waals surface area contributed by atoms with E-state index < -0.39 is 10.0 Å². The molecule has 0 unspecified atom stereocenters. The van der Waals surface area contributed by atoms with E-state index in [1.165, 1.54) is 13.0 Å². The van der Waals surface area contributed by atoms with Crippen LogP contribution in [0.5, 0.6) is 0 Å². The molecule has 1 N–H and O–H groups in total. The highest BCUT2D eigenvalue weighted by atomic mass is 79.9. The Kier molecular flexibility index (Phi) is 4.85. The summed E-state index contributed by atoms with van der Waals surface area (Å²) >= 11 is 6.51. The predicted octanol–water partition coefficient (Wildman–Crippen LogP) is 4.22. The van der Waals surface area contributed by atoms with Crippen LogP contribution in [0.1, 0.15) is 17.3 Å². The van der Waals surface area contributed by atoms with Crippen molar-refractivity contribution in [3.63, 3.8) is 0 Å². The lowest BCUT2D eigenvalue weighted by Gasteiger charge is -2.10. The maximum absolute atomic E-state index is 12.3. The second-order valence-electron chi connectivity index (χ2n) is 4.31. The zero-order valence-electron chi connectivity index (χ0n) is 10.9. The Morgan fingerprint density at radius 1 is 1.05 bits per heavy atom. The third-order valence-corrected chi connectivity index (χ3v) is 5.58. The number of halogens is 2. The number of rotatable bonds is 4. The Morgan fingerprint density at radius 3 is 2.19 bits per heavy atom. The summed E-state index contributed by atoms with van der Waals surface area (Å²) < 4.78 is 28.4. The van der Waals surface area contributed by atoms with Crippen molar-refractivity contribution in [1.82, 2.24) is 0 Å². The molecule has 0 fully saturated rings. The lowest BCUT2D eigenvalue weighted by molar-refractivity contribution is 0.101. The summed E-state index contributed by atoms with van der Waals surface area (Å²) in [7, 11) is -3.70. The molecule has 4 nitrogen and oxygen atoms in total. The van der Waals surface area contributed by atoms with Crippen LogP contribution in [0.4, 0.5) is 5.69 Å². The van der Waals surface area contributed by atoms with E-state index in [2.05, 4.69) is 36.6 Å². The van der Waals surface area contributed by atoms with E-state index in [1.54, 1.807) is 36.4 Å². The van der Waals surface area contributed by atoms with Crippen LogP contribution in [0.15, 0.2) is 56.3 Å². The number of hydrogen-bond donors (Lipinski definition) is 1. The fourth-order valence-electron chi connectivity index (χ4n) is 1.68. The minimum atomic E-state index is -3.70. The summed E-state index contributed by atoms with van der Waals surface area (Å²) in [6.45, 7) is 1.46. The number of hydrogen-bond acceptors (Lipinski definition) is 3. The van der Waals surface area contributed by atoms with E-state index in [9.17, 15) is 13.2 Å². The van der Waals surface area contributed by atoms with Crippen molar-refractivity contribution in [3.05, 3.63) is 57.0 Å². The molecular weight excluding hydrogens is 422 g/mol. The molecule has 0 saturated carbocycles. The summed E-state index contributed by atoms with van der Waals surface area (Å²) in [6, 6.07) is 11.1. The summed E-state index contributed by atoms with van der Waals surface area (Å²) in [4.78, 5) is 11.3. The van der Waals surface area contributed by atoms with Crippen molar-refractivity contribution in [2.75, 3.05) is 4.72 Å². The Labute approximate surface area is 139 Å². The fraction of sp³-hybridized carbons (Fsp3) is 0.0714. The zero-order chi connectivity index (χ0) is 15.6. The van der Waals surface area contributed by atoms with Crippen LogP contribution in [0.3, 0.4) is 0 Å². The molecule has 0 bridgehead atoms. The lowest BCUT2D eigenvalue weighted by atomic mass is 10.1. The average molecular weight is 433 g/mol. The third kappa shape index (κ3) is 3.93. The molecule has 0 aliphatic carbocycles. The van der Waals surface area contributed by atoms with Gasteiger partial charge >= 0.3 is 0 Å². The molecule has 21 heavy (non-hydrogen) atoms. The van der Waals surface area contributed by atoms with Crippen LogP contribution in [0.25, 0.3) is 0 Å². The Hall–Kier alpha value is -1.18. The molecule has 0 aromatic heterocycles. The highest BCUT2D eigenvalue weighted by Crippen LogP contribution is 2.27. The fourth-order valence-corrected chi connectivity index (χ4v) is 4.48. The normalized spacial score (nSPS) is 11.2. The average Bonchev–Trinajstić information content (AvgIpc) is 2.38. The molecule has 0 saturated heterocycles. The standard InChI is InChI=1S/C14H11Br2NO3S/c1-9(18)10-2-5-12(6-3-10)17-21(19,20)14-7-4-11(15)8-13(14)16/h2-8,17H,1H3. The van der Waals surface area contributed by atoms with Gasteiger partial charge in [-0.05, 0) is 65.3 Å². The highest BCUT2D eigenvalue weighted by molar-refractivity contribution is 9.11. The second-order valence-corrected chi connectivity index (χ2v) is 7.73. The Morgan fingerprint density at radius 2 is 1.67 bits per heavy atom. The van der Waals surface area contributed by atoms with Crippen molar-refractivity contribution >= 4 is 53.4 Å². The molecule has 2 rings (SSSR count). The van der Waals surface area contributed by atoms with E-state index in [1.807, 2.05) is 0 Å². The molecule has 0 heterocycles. The number of anilines is 1. The van der Waals surface area contributed by atoms with Gasteiger partial charge in [0.15, 0.2) is 5.78 Å². The van der Waals surface area contributed by atoms with E-state index >= 15 is 0 Å². The van der Waals surface area contributed by atoms with Crippen molar-refractivity contribution in [3.8, 4) is 0 Å².